The molecule has 0 aromatic carbocycles. The summed E-state index contributed by atoms with van der Waals surface area (Å²) in [6, 6.07) is 0. The molecule has 3 nitrogen and oxygen atoms in total. The van der Waals surface area contributed by atoms with Crippen molar-refractivity contribution in [3.05, 3.63) is 0 Å². The van der Waals surface area contributed by atoms with Gasteiger partial charge in [-0.1, -0.05) is 47.0 Å². The highest BCUT2D eigenvalue weighted by molar-refractivity contribution is 7.87. The van der Waals surface area contributed by atoms with Crippen LogP contribution in [0.4, 0.5) is 3.89 Å². The molecule has 120 valence electrons. The Hall–Kier alpha value is -0.160. The van der Waals surface area contributed by atoms with Crippen molar-refractivity contribution in [2.24, 2.45) is 17.3 Å². The third kappa shape index (κ3) is 4.42. The smallest absolute Gasteiger partial charge is 0.305 e. The molecular formula is C15H29FO3S. The van der Waals surface area contributed by atoms with Gasteiger partial charge in [-0.15, -0.1) is 3.89 Å². The second-order valence-corrected chi connectivity index (χ2v) is 8.63. The van der Waals surface area contributed by atoms with Gasteiger partial charge in [0.25, 0.3) is 0 Å². The SMILES string of the molecule is CCCC(O)CC([C@@H]1[C@@H](C)CCCC1(C)C)S(=O)(=O)F. The zero-order valence-corrected chi connectivity index (χ0v) is 13.9. The number of hydrogen-bond acceptors (Lipinski definition) is 3. The Morgan fingerprint density at radius 3 is 2.45 bits per heavy atom. The van der Waals surface area contributed by atoms with E-state index in [0.717, 1.165) is 25.7 Å². The normalized spacial score (nSPS) is 29.9. The van der Waals surface area contributed by atoms with Crippen molar-refractivity contribution < 1.29 is 17.4 Å². The van der Waals surface area contributed by atoms with Crippen LogP contribution in [0.2, 0.25) is 0 Å². The fraction of sp³-hybridized carbons (Fsp3) is 1.00. The van der Waals surface area contributed by atoms with Crippen molar-refractivity contribution in [1.29, 1.82) is 0 Å². The van der Waals surface area contributed by atoms with E-state index in [-0.39, 0.29) is 23.7 Å². The molecule has 1 rings (SSSR count). The van der Waals surface area contributed by atoms with Crippen molar-refractivity contribution in [3.8, 4) is 0 Å². The van der Waals surface area contributed by atoms with E-state index in [0.29, 0.717) is 6.42 Å². The number of hydrogen-bond donors (Lipinski definition) is 1. The standard InChI is InChI=1S/C15H29FO3S/c1-5-7-12(17)10-13(20(16,18)19)14-11(2)8-6-9-15(14,3)4/h11-14,17H,5-10H2,1-4H3/t11-,12?,13?,14-/m0/s1. The Balaban J connectivity index is 3.03. The molecule has 4 atom stereocenters. The molecular weight excluding hydrogens is 279 g/mol. The second-order valence-electron chi connectivity index (χ2n) is 7.08. The molecule has 20 heavy (non-hydrogen) atoms. The quantitative estimate of drug-likeness (QED) is 0.762. The van der Waals surface area contributed by atoms with Gasteiger partial charge in [-0.05, 0) is 36.5 Å². The van der Waals surface area contributed by atoms with Gasteiger partial charge in [-0.2, -0.15) is 8.42 Å². The number of aliphatic hydroxyl groups is 1. The van der Waals surface area contributed by atoms with E-state index in [4.69, 9.17) is 0 Å². The van der Waals surface area contributed by atoms with Gasteiger partial charge in [-0.3, -0.25) is 0 Å². The van der Waals surface area contributed by atoms with E-state index >= 15 is 0 Å². The van der Waals surface area contributed by atoms with Gasteiger partial charge in [0.2, 0.25) is 0 Å². The third-order valence-corrected chi connectivity index (χ3v) is 6.09. The lowest BCUT2D eigenvalue weighted by atomic mass is 9.62. The van der Waals surface area contributed by atoms with Crippen molar-refractivity contribution in [1.82, 2.24) is 0 Å². The van der Waals surface area contributed by atoms with E-state index in [1.807, 2.05) is 27.7 Å². The molecule has 1 fully saturated rings. The van der Waals surface area contributed by atoms with Gasteiger partial charge >= 0.3 is 10.2 Å². The minimum absolute atomic E-state index is 0.0190. The summed E-state index contributed by atoms with van der Waals surface area (Å²) in [5.74, 6) is -0.0548. The number of aliphatic hydroxyl groups excluding tert-OH is 1. The maximum atomic E-state index is 13.8. The minimum Gasteiger partial charge on any atom is -0.393 e. The molecule has 0 bridgehead atoms. The second kappa shape index (κ2) is 6.73. The Bertz CT molecular complexity index is 405. The first-order valence-electron chi connectivity index (χ1n) is 7.71. The van der Waals surface area contributed by atoms with E-state index < -0.39 is 21.6 Å². The molecule has 1 saturated carbocycles. The molecule has 0 spiro atoms. The van der Waals surface area contributed by atoms with Crippen LogP contribution in [0.25, 0.3) is 0 Å². The Kier molecular flexibility index (Phi) is 6.02. The van der Waals surface area contributed by atoms with Gasteiger partial charge in [-0.25, -0.2) is 0 Å². The van der Waals surface area contributed by atoms with E-state index in [1.54, 1.807) is 0 Å². The summed E-state index contributed by atoms with van der Waals surface area (Å²) in [5.41, 5.74) is -0.201. The maximum absolute atomic E-state index is 13.8. The van der Waals surface area contributed by atoms with Crippen molar-refractivity contribution in [3.63, 3.8) is 0 Å². The molecule has 0 amide bonds. The molecule has 1 N–H and O–H groups in total. The van der Waals surface area contributed by atoms with Crippen LogP contribution in [0.5, 0.6) is 0 Å². The molecule has 0 aliphatic heterocycles. The molecule has 0 heterocycles. The highest BCUT2D eigenvalue weighted by atomic mass is 32.3. The zero-order valence-electron chi connectivity index (χ0n) is 13.1. The predicted octanol–water partition coefficient (Wildman–Crippen LogP) is 3.67. The van der Waals surface area contributed by atoms with Gasteiger partial charge < -0.3 is 5.11 Å². The first kappa shape index (κ1) is 17.9. The zero-order chi connectivity index (χ0) is 15.6. The van der Waals surface area contributed by atoms with E-state index in [1.165, 1.54) is 0 Å². The Morgan fingerprint density at radius 2 is 2.00 bits per heavy atom. The average Bonchev–Trinajstić information content (AvgIpc) is 2.25. The van der Waals surface area contributed by atoms with Crippen molar-refractivity contribution >= 4 is 10.2 Å². The van der Waals surface area contributed by atoms with Crippen LogP contribution in [-0.4, -0.2) is 24.9 Å². The predicted molar refractivity (Wildman–Crippen MR) is 79.6 cm³/mol. The molecule has 0 radical (unpaired) electrons. The minimum atomic E-state index is -4.64. The lowest BCUT2D eigenvalue weighted by Gasteiger charge is -2.46. The van der Waals surface area contributed by atoms with Gasteiger partial charge in [0.05, 0.1) is 11.4 Å². The van der Waals surface area contributed by atoms with Gasteiger partial charge in [0.15, 0.2) is 0 Å². The van der Waals surface area contributed by atoms with Crippen LogP contribution in [-0.2, 0) is 10.2 Å². The fourth-order valence-corrected chi connectivity index (χ4v) is 5.46. The molecule has 2 unspecified atom stereocenters. The van der Waals surface area contributed by atoms with Crippen molar-refractivity contribution in [2.45, 2.75) is 77.6 Å². The molecule has 0 saturated heterocycles. The van der Waals surface area contributed by atoms with Crippen LogP contribution in [0.3, 0.4) is 0 Å². The van der Waals surface area contributed by atoms with Gasteiger partial charge in [0, 0.05) is 0 Å². The summed E-state index contributed by atoms with van der Waals surface area (Å²) >= 11 is 0. The monoisotopic (exact) mass is 308 g/mol. The highest BCUT2D eigenvalue weighted by Gasteiger charge is 2.47. The summed E-state index contributed by atoms with van der Waals surface area (Å²) in [6.07, 6.45) is 3.48. The van der Waals surface area contributed by atoms with E-state index in [9.17, 15) is 17.4 Å². The lowest BCUT2D eigenvalue weighted by molar-refractivity contribution is 0.0577. The largest absolute Gasteiger partial charge is 0.393 e. The molecule has 0 aromatic rings. The number of halogens is 1. The lowest BCUT2D eigenvalue weighted by Crippen LogP contribution is -2.45. The number of rotatable bonds is 6. The van der Waals surface area contributed by atoms with Gasteiger partial charge in [0.1, 0.15) is 0 Å². The first-order chi connectivity index (χ1) is 9.09. The van der Waals surface area contributed by atoms with E-state index in [2.05, 4.69) is 0 Å². The maximum Gasteiger partial charge on any atom is 0.305 e. The fourth-order valence-electron chi connectivity index (χ4n) is 4.02. The van der Waals surface area contributed by atoms with Crippen molar-refractivity contribution in [2.75, 3.05) is 0 Å². The van der Waals surface area contributed by atoms with Crippen LogP contribution in [0, 0.1) is 17.3 Å². The topological polar surface area (TPSA) is 54.4 Å². The Morgan fingerprint density at radius 1 is 1.40 bits per heavy atom. The highest BCUT2D eigenvalue weighted by Crippen LogP contribution is 2.48. The summed E-state index contributed by atoms with van der Waals surface area (Å²) in [6.45, 7) is 7.99. The average molecular weight is 308 g/mol. The van der Waals surface area contributed by atoms with Crippen LogP contribution >= 0.6 is 0 Å². The molecule has 1 aliphatic carbocycles. The Labute approximate surface area is 123 Å². The molecule has 5 heteroatoms. The summed E-state index contributed by atoms with van der Waals surface area (Å²) in [5, 5.41) is 8.86. The summed E-state index contributed by atoms with van der Waals surface area (Å²) < 4.78 is 37.1. The summed E-state index contributed by atoms with van der Waals surface area (Å²) in [7, 11) is -4.64. The molecule has 0 aromatic heterocycles. The summed E-state index contributed by atoms with van der Waals surface area (Å²) in [4.78, 5) is 0. The molecule has 1 aliphatic rings. The third-order valence-electron chi connectivity index (χ3n) is 4.88. The van der Waals surface area contributed by atoms with Crippen LogP contribution < -0.4 is 0 Å². The van der Waals surface area contributed by atoms with Crippen LogP contribution in [0.1, 0.15) is 66.2 Å². The van der Waals surface area contributed by atoms with Crippen LogP contribution in [0.15, 0.2) is 0 Å². The first-order valence-corrected chi connectivity index (χ1v) is 9.15.